The Hall–Kier alpha value is -5.98. The molecular weight excluding hydrogens is 625 g/mol. The van der Waals surface area contributed by atoms with Crippen LogP contribution in [0, 0.1) is 0 Å². The molecule has 0 aliphatic heterocycles. The molecule has 2 aliphatic rings. The third-order valence-corrected chi connectivity index (χ3v) is 12.6. The Morgan fingerprint density at radius 1 is 0.288 bits per heavy atom. The van der Waals surface area contributed by atoms with Gasteiger partial charge in [0, 0.05) is 10.8 Å². The van der Waals surface area contributed by atoms with Gasteiger partial charge in [0.2, 0.25) is 0 Å². The van der Waals surface area contributed by atoms with Crippen molar-refractivity contribution < 1.29 is 0 Å². The summed E-state index contributed by atoms with van der Waals surface area (Å²) in [5.74, 6) is 0. The number of fused-ring (bicyclic) bond motifs is 11. The molecule has 0 saturated carbocycles. The molecule has 11 rings (SSSR count). The van der Waals surface area contributed by atoms with Gasteiger partial charge in [-0.3, -0.25) is 0 Å². The predicted molar refractivity (Wildman–Crippen MR) is 222 cm³/mol. The Kier molecular flexibility index (Phi) is 5.89. The zero-order chi connectivity index (χ0) is 34.9. The lowest BCUT2D eigenvalue weighted by Crippen LogP contribution is -2.17. The van der Waals surface area contributed by atoms with Crippen molar-refractivity contribution in [1.82, 2.24) is 0 Å². The van der Waals surface area contributed by atoms with Gasteiger partial charge in [-0.15, -0.1) is 0 Å². The van der Waals surface area contributed by atoms with Crippen LogP contribution in [-0.2, 0) is 10.8 Å². The minimum absolute atomic E-state index is 0.0223. The van der Waals surface area contributed by atoms with Gasteiger partial charge in [0.1, 0.15) is 0 Å². The van der Waals surface area contributed by atoms with Crippen molar-refractivity contribution in [3.8, 4) is 44.5 Å². The minimum Gasteiger partial charge on any atom is -0.0619 e. The van der Waals surface area contributed by atoms with Gasteiger partial charge in [-0.05, 0) is 134 Å². The number of hydrogen-bond donors (Lipinski definition) is 0. The molecule has 0 atom stereocenters. The molecule has 0 N–H and O–H groups in total. The van der Waals surface area contributed by atoms with Gasteiger partial charge in [-0.1, -0.05) is 161 Å². The van der Waals surface area contributed by atoms with E-state index in [-0.39, 0.29) is 10.8 Å². The molecule has 0 fully saturated rings. The highest BCUT2D eigenvalue weighted by molar-refractivity contribution is 6.22. The smallest absolute Gasteiger partial charge is 0.0159 e. The van der Waals surface area contributed by atoms with Crippen molar-refractivity contribution in [2.24, 2.45) is 0 Å². The lowest BCUT2D eigenvalue weighted by molar-refractivity contribution is 0.652. The molecule has 0 heteroatoms. The summed E-state index contributed by atoms with van der Waals surface area (Å²) in [5.41, 5.74) is 16.3. The second-order valence-electron chi connectivity index (χ2n) is 16.1. The Bertz CT molecular complexity index is 2950. The van der Waals surface area contributed by atoms with E-state index in [4.69, 9.17) is 0 Å². The van der Waals surface area contributed by atoms with Gasteiger partial charge in [-0.2, -0.15) is 0 Å². The van der Waals surface area contributed by atoms with E-state index in [2.05, 4.69) is 185 Å². The van der Waals surface area contributed by atoms with E-state index in [9.17, 15) is 0 Å². The van der Waals surface area contributed by atoms with Crippen molar-refractivity contribution >= 4 is 43.1 Å². The van der Waals surface area contributed by atoms with Crippen molar-refractivity contribution in [1.29, 1.82) is 0 Å². The summed E-state index contributed by atoms with van der Waals surface area (Å²) in [6, 6.07) is 59.7. The second-order valence-corrected chi connectivity index (χ2v) is 16.1. The maximum Gasteiger partial charge on any atom is 0.0159 e. The van der Waals surface area contributed by atoms with E-state index < -0.39 is 0 Å². The van der Waals surface area contributed by atoms with Crippen LogP contribution in [0.5, 0.6) is 0 Å². The van der Waals surface area contributed by atoms with Crippen LogP contribution in [0.25, 0.3) is 87.6 Å². The van der Waals surface area contributed by atoms with Gasteiger partial charge >= 0.3 is 0 Å². The highest BCUT2D eigenvalue weighted by atomic mass is 14.4. The molecule has 0 heterocycles. The zero-order valence-corrected chi connectivity index (χ0v) is 30.0. The second kappa shape index (κ2) is 10.3. The molecule has 52 heavy (non-hydrogen) atoms. The fourth-order valence-electron chi connectivity index (χ4n) is 9.99. The molecule has 0 aromatic heterocycles. The molecule has 9 aromatic rings. The first kappa shape index (κ1) is 29.7. The van der Waals surface area contributed by atoms with Gasteiger partial charge in [-0.25, -0.2) is 0 Å². The summed E-state index contributed by atoms with van der Waals surface area (Å²) in [6.07, 6.45) is 0. The summed E-state index contributed by atoms with van der Waals surface area (Å²) < 4.78 is 0. The fourth-order valence-corrected chi connectivity index (χ4v) is 9.99. The summed E-state index contributed by atoms with van der Waals surface area (Å²) in [5, 5.41) is 10.3. The number of hydrogen-bond acceptors (Lipinski definition) is 0. The van der Waals surface area contributed by atoms with E-state index in [1.807, 2.05) is 0 Å². The SMILES string of the molecule is CC1(C)c2ccccc2-c2cc3c(cc21)-c1ccc(-c2c4ccccc4c(-c4ccc5ccc6ccccc6c5c4)c4ccccc24)cc1C3(C)C. The number of rotatable bonds is 2. The average molecular weight is 663 g/mol. The first-order valence-corrected chi connectivity index (χ1v) is 18.6. The number of benzene rings is 9. The lowest BCUT2D eigenvalue weighted by Gasteiger charge is -2.24. The summed E-state index contributed by atoms with van der Waals surface area (Å²) >= 11 is 0. The summed E-state index contributed by atoms with van der Waals surface area (Å²) in [4.78, 5) is 0. The Morgan fingerprint density at radius 3 is 1.35 bits per heavy atom. The van der Waals surface area contributed by atoms with Crippen LogP contribution in [0.1, 0.15) is 49.9 Å². The fraction of sp³-hybridized carbons (Fsp3) is 0.115. The first-order chi connectivity index (χ1) is 25.3. The molecular formula is C52H38. The van der Waals surface area contributed by atoms with Crippen LogP contribution in [0.3, 0.4) is 0 Å². The van der Waals surface area contributed by atoms with Crippen LogP contribution in [-0.4, -0.2) is 0 Å². The highest BCUT2D eigenvalue weighted by Gasteiger charge is 2.41. The molecule has 0 bridgehead atoms. The average Bonchev–Trinajstić information content (AvgIpc) is 3.54. The molecule has 246 valence electrons. The highest BCUT2D eigenvalue weighted by Crippen LogP contribution is 2.57. The molecule has 0 saturated heterocycles. The Balaban J connectivity index is 1.13. The first-order valence-electron chi connectivity index (χ1n) is 18.6. The quantitative estimate of drug-likeness (QED) is 0.128. The Morgan fingerprint density at radius 2 is 0.712 bits per heavy atom. The topological polar surface area (TPSA) is 0 Å². The van der Waals surface area contributed by atoms with Gasteiger partial charge in [0.05, 0.1) is 0 Å². The minimum atomic E-state index is -0.128. The van der Waals surface area contributed by atoms with E-state index >= 15 is 0 Å². The zero-order valence-electron chi connectivity index (χ0n) is 30.0. The van der Waals surface area contributed by atoms with Crippen LogP contribution >= 0.6 is 0 Å². The molecule has 9 aromatic carbocycles. The molecule has 2 aliphatic carbocycles. The van der Waals surface area contributed by atoms with E-state index in [1.165, 1.54) is 110 Å². The predicted octanol–water partition coefficient (Wildman–Crippen LogP) is 14.2. The van der Waals surface area contributed by atoms with Crippen molar-refractivity contribution in [2.75, 3.05) is 0 Å². The summed E-state index contributed by atoms with van der Waals surface area (Å²) in [6.45, 7) is 9.60. The van der Waals surface area contributed by atoms with Gasteiger partial charge < -0.3 is 0 Å². The molecule has 0 amide bonds. The van der Waals surface area contributed by atoms with E-state index in [0.29, 0.717) is 0 Å². The van der Waals surface area contributed by atoms with Crippen molar-refractivity contribution in [3.63, 3.8) is 0 Å². The third kappa shape index (κ3) is 3.87. The molecule has 0 unspecified atom stereocenters. The Labute approximate surface area is 305 Å². The monoisotopic (exact) mass is 662 g/mol. The van der Waals surface area contributed by atoms with Gasteiger partial charge in [0.15, 0.2) is 0 Å². The summed E-state index contributed by atoms with van der Waals surface area (Å²) in [7, 11) is 0. The standard InChI is InChI=1S/C52H38/c1-51(2)45-20-12-11-15-36(45)43-29-48-44(30-47(43)51)37-26-25-34(28-46(37)52(48,3)4)50-40-18-9-7-16-38(40)49(39-17-8-10-19-41(39)50)33-24-23-32-22-21-31-13-5-6-14-35(31)42(32)27-33/h5-30H,1-4H3. The van der Waals surface area contributed by atoms with Crippen LogP contribution in [0.2, 0.25) is 0 Å². The molecule has 0 radical (unpaired) electrons. The van der Waals surface area contributed by atoms with Crippen molar-refractivity contribution in [3.05, 3.63) is 180 Å². The van der Waals surface area contributed by atoms with E-state index in [1.54, 1.807) is 0 Å². The van der Waals surface area contributed by atoms with Crippen LogP contribution in [0.4, 0.5) is 0 Å². The van der Waals surface area contributed by atoms with Crippen LogP contribution < -0.4 is 0 Å². The van der Waals surface area contributed by atoms with Crippen LogP contribution in [0.15, 0.2) is 158 Å². The lowest BCUT2D eigenvalue weighted by atomic mass is 9.78. The van der Waals surface area contributed by atoms with Gasteiger partial charge in [0.25, 0.3) is 0 Å². The third-order valence-electron chi connectivity index (χ3n) is 12.6. The normalized spacial score (nSPS) is 14.8. The maximum atomic E-state index is 2.52. The molecule has 0 spiro atoms. The largest absolute Gasteiger partial charge is 0.0619 e. The van der Waals surface area contributed by atoms with E-state index in [0.717, 1.165) is 0 Å². The van der Waals surface area contributed by atoms with Crippen molar-refractivity contribution in [2.45, 2.75) is 38.5 Å². The molecule has 0 nitrogen and oxygen atoms in total. The maximum absolute atomic E-state index is 2.52.